The van der Waals surface area contributed by atoms with Crippen LogP contribution in [0.15, 0.2) is 35.1 Å². The van der Waals surface area contributed by atoms with Gasteiger partial charge in [-0.25, -0.2) is 13.9 Å². The number of rotatable bonds is 15. The van der Waals surface area contributed by atoms with Crippen LogP contribution in [0.2, 0.25) is 0 Å². The number of phosphoric acid groups is 1. The average molecular weight is 633 g/mol. The summed E-state index contributed by atoms with van der Waals surface area (Å²) in [5.74, 6) is 0.657. The SMILES string of the molecule is CCCSP(=O)(OCC)Oc1ccccc1OC(=O)NC.CCN(CC)C(=O)/C(Cl)=C(\C)OP(=O)(OC)OC. The molecule has 12 nitrogen and oxygen atoms in total. The smallest absolute Gasteiger partial charge is 0.413 e. The predicted molar refractivity (Wildman–Crippen MR) is 153 cm³/mol. The lowest BCUT2D eigenvalue weighted by Crippen LogP contribution is -2.31. The van der Waals surface area contributed by atoms with Crippen molar-refractivity contribution in [1.82, 2.24) is 10.2 Å². The lowest BCUT2D eigenvalue weighted by molar-refractivity contribution is -0.126. The number of carbonyl (C=O) groups is 2. The van der Waals surface area contributed by atoms with Gasteiger partial charge in [0.2, 0.25) is 0 Å². The Morgan fingerprint density at radius 1 is 1.03 bits per heavy atom. The van der Waals surface area contributed by atoms with Gasteiger partial charge in [-0.2, -0.15) is 0 Å². The highest BCUT2D eigenvalue weighted by atomic mass is 35.5. The average Bonchev–Trinajstić information content (AvgIpc) is 2.93. The van der Waals surface area contributed by atoms with E-state index in [-0.39, 0.29) is 28.9 Å². The van der Waals surface area contributed by atoms with Gasteiger partial charge in [0.25, 0.3) is 5.91 Å². The van der Waals surface area contributed by atoms with Crippen LogP contribution in [-0.4, -0.2) is 63.6 Å². The number of halogens is 1. The van der Waals surface area contributed by atoms with Gasteiger partial charge in [-0.15, -0.1) is 0 Å². The number of benzene rings is 1. The van der Waals surface area contributed by atoms with E-state index >= 15 is 0 Å². The minimum atomic E-state index is -3.69. The standard InChI is InChI=1S/C13H20NO5PS.C10H19ClNO5P/c1-4-10-21-20(16,17-5-2)19-12-9-7-6-8-11(12)18-13(15)14-3;1-6-12(7-2)10(13)9(11)8(3)17-18(14,15-4)16-5/h6-9H,4-5,10H2,1-3H3,(H,14,15);6-7H2,1-5H3/b;9-8-. The number of allylic oxidation sites excluding steroid dienone is 1. The summed E-state index contributed by atoms with van der Waals surface area (Å²) in [7, 11) is 0.118. The summed E-state index contributed by atoms with van der Waals surface area (Å²) < 4.78 is 54.3. The Bertz CT molecular complexity index is 1030. The number of likely N-dealkylation sites (N-methyl/N-ethyl adjacent to an activating group) is 1. The first-order valence-corrected chi connectivity index (χ1v) is 17.0. The molecule has 39 heavy (non-hydrogen) atoms. The molecule has 0 aliphatic carbocycles. The van der Waals surface area contributed by atoms with Gasteiger partial charge >= 0.3 is 20.7 Å². The molecule has 0 spiro atoms. The van der Waals surface area contributed by atoms with Gasteiger partial charge in [0.1, 0.15) is 10.8 Å². The third-order valence-electron chi connectivity index (χ3n) is 4.45. The zero-order valence-electron chi connectivity index (χ0n) is 23.6. The van der Waals surface area contributed by atoms with E-state index in [1.807, 2.05) is 20.8 Å². The van der Waals surface area contributed by atoms with Crippen molar-refractivity contribution in [3.63, 3.8) is 0 Å². The highest BCUT2D eigenvalue weighted by Gasteiger charge is 2.29. The van der Waals surface area contributed by atoms with E-state index in [9.17, 15) is 18.7 Å². The third kappa shape index (κ3) is 13.5. The van der Waals surface area contributed by atoms with E-state index in [0.29, 0.717) is 18.8 Å². The zero-order chi connectivity index (χ0) is 30.1. The zero-order valence-corrected chi connectivity index (χ0v) is 26.9. The van der Waals surface area contributed by atoms with Crippen molar-refractivity contribution in [2.75, 3.05) is 46.7 Å². The van der Waals surface area contributed by atoms with Crippen LogP contribution in [0.5, 0.6) is 11.5 Å². The van der Waals surface area contributed by atoms with Crippen molar-refractivity contribution in [1.29, 1.82) is 0 Å². The summed E-state index contributed by atoms with van der Waals surface area (Å²) in [5.41, 5.74) is 0. The minimum Gasteiger partial charge on any atom is -0.413 e. The second-order valence-electron chi connectivity index (χ2n) is 7.13. The molecule has 1 aromatic carbocycles. The van der Waals surface area contributed by atoms with Crippen LogP contribution >= 0.6 is 37.6 Å². The van der Waals surface area contributed by atoms with Crippen molar-refractivity contribution in [3.05, 3.63) is 35.1 Å². The van der Waals surface area contributed by atoms with Crippen molar-refractivity contribution in [2.24, 2.45) is 0 Å². The van der Waals surface area contributed by atoms with Gasteiger partial charge < -0.3 is 24.0 Å². The number of nitrogens with one attached hydrogen (secondary N) is 1. The topological polar surface area (TPSA) is 139 Å². The first kappa shape index (κ1) is 37.3. The summed E-state index contributed by atoms with van der Waals surface area (Å²) in [6, 6.07) is 6.53. The molecule has 1 unspecified atom stereocenters. The Morgan fingerprint density at radius 3 is 2.05 bits per heavy atom. The molecule has 2 amide bonds. The second kappa shape index (κ2) is 19.4. The molecule has 1 atom stereocenters. The third-order valence-corrected chi connectivity index (χ3v) is 10.2. The molecule has 0 heterocycles. The Balaban J connectivity index is 0.000000751. The number of ether oxygens (including phenoxy) is 1. The molecule has 0 saturated heterocycles. The highest BCUT2D eigenvalue weighted by molar-refractivity contribution is 8.55. The van der Waals surface area contributed by atoms with E-state index in [4.69, 9.17) is 29.9 Å². The predicted octanol–water partition coefficient (Wildman–Crippen LogP) is 6.81. The van der Waals surface area contributed by atoms with Crippen LogP contribution in [0.1, 0.15) is 41.0 Å². The first-order chi connectivity index (χ1) is 18.4. The molecule has 1 N–H and O–H groups in total. The molecule has 224 valence electrons. The number of amides is 2. The largest absolute Gasteiger partial charge is 0.529 e. The van der Waals surface area contributed by atoms with Crippen LogP contribution in [0.3, 0.4) is 0 Å². The summed E-state index contributed by atoms with van der Waals surface area (Å²) in [6.45, 7) is 6.79. The second-order valence-corrected chi connectivity index (χ2v) is 13.4. The molecule has 1 rings (SSSR count). The summed E-state index contributed by atoms with van der Waals surface area (Å²) >= 11 is 7.02. The molecular weight excluding hydrogens is 594 g/mol. The van der Waals surface area contributed by atoms with Crippen LogP contribution in [0.4, 0.5) is 4.79 Å². The Hall–Kier alpha value is -1.72. The van der Waals surface area contributed by atoms with Gasteiger partial charge in [-0.3, -0.25) is 18.4 Å². The van der Waals surface area contributed by atoms with Crippen molar-refractivity contribution < 1.29 is 46.1 Å². The van der Waals surface area contributed by atoms with Gasteiger partial charge in [0.05, 0.1) is 6.61 Å². The van der Waals surface area contributed by atoms with Gasteiger partial charge in [0, 0.05) is 40.1 Å². The van der Waals surface area contributed by atoms with E-state index < -0.39 is 26.6 Å². The molecule has 0 saturated carbocycles. The summed E-state index contributed by atoms with van der Waals surface area (Å²) in [6.07, 6.45) is 0.222. The fourth-order valence-electron chi connectivity index (χ4n) is 2.49. The van der Waals surface area contributed by atoms with Crippen LogP contribution in [0.25, 0.3) is 0 Å². The lowest BCUT2D eigenvalue weighted by atomic mass is 10.3. The van der Waals surface area contributed by atoms with E-state index in [1.54, 1.807) is 31.2 Å². The molecule has 0 aliphatic heterocycles. The number of hydrogen-bond donors (Lipinski definition) is 1. The molecule has 0 bridgehead atoms. The monoisotopic (exact) mass is 632 g/mol. The maximum Gasteiger partial charge on any atom is 0.529 e. The molecule has 0 aromatic heterocycles. The molecule has 0 radical (unpaired) electrons. The van der Waals surface area contributed by atoms with E-state index in [0.717, 1.165) is 17.8 Å². The number of phosphoric ester groups is 1. The Kier molecular flexibility index (Phi) is 18.5. The molecule has 1 aromatic rings. The quantitative estimate of drug-likeness (QED) is 0.124. The van der Waals surface area contributed by atoms with Crippen LogP contribution in [-0.2, 0) is 32.0 Å². The molecule has 16 heteroatoms. The number of nitrogens with zero attached hydrogens (tertiary/aromatic N) is 1. The number of hydrogen-bond acceptors (Lipinski definition) is 11. The molecular formula is C23H39ClN2O10P2S. The van der Waals surface area contributed by atoms with Crippen molar-refractivity contribution in [2.45, 2.75) is 41.0 Å². The maximum atomic E-state index is 12.6. The van der Waals surface area contributed by atoms with E-state index in [1.165, 1.54) is 33.1 Å². The van der Waals surface area contributed by atoms with Gasteiger partial charge in [-0.05, 0) is 57.6 Å². The highest BCUT2D eigenvalue weighted by Crippen LogP contribution is 2.61. The number of para-hydroxylation sites is 2. The van der Waals surface area contributed by atoms with Crippen molar-refractivity contribution >= 4 is 49.6 Å². The molecule has 0 aliphatic rings. The van der Waals surface area contributed by atoms with Gasteiger partial charge in [-0.1, -0.05) is 30.7 Å². The van der Waals surface area contributed by atoms with Crippen LogP contribution in [0, 0.1) is 0 Å². The maximum absolute atomic E-state index is 12.6. The molecule has 0 fully saturated rings. The van der Waals surface area contributed by atoms with E-state index in [2.05, 4.69) is 14.4 Å². The first-order valence-electron chi connectivity index (χ1n) is 12.0. The Morgan fingerprint density at radius 2 is 1.59 bits per heavy atom. The summed E-state index contributed by atoms with van der Waals surface area (Å²) in [5, 5.41) is 2.20. The fourth-order valence-corrected chi connectivity index (χ4v) is 6.88. The van der Waals surface area contributed by atoms with Crippen molar-refractivity contribution in [3.8, 4) is 11.5 Å². The fraction of sp³-hybridized carbons (Fsp3) is 0.565. The van der Waals surface area contributed by atoms with Crippen LogP contribution < -0.4 is 14.6 Å². The normalized spacial score (nSPS) is 13.2. The Labute approximate surface area is 239 Å². The summed E-state index contributed by atoms with van der Waals surface area (Å²) in [4.78, 5) is 24.7. The van der Waals surface area contributed by atoms with Gasteiger partial charge in [0.15, 0.2) is 11.5 Å². The number of carbonyl (C=O) groups excluding carboxylic acids is 2. The lowest BCUT2D eigenvalue weighted by Gasteiger charge is -2.20. The minimum absolute atomic E-state index is 0.000556.